The van der Waals surface area contributed by atoms with Crippen LogP contribution in [0.15, 0.2) is 65.5 Å². The maximum absolute atomic E-state index is 12.3. The van der Waals surface area contributed by atoms with Crippen LogP contribution < -0.4 is 5.56 Å². The number of rotatable bonds is 2. The van der Waals surface area contributed by atoms with Gasteiger partial charge in [-0.1, -0.05) is 60.7 Å². The largest absolute Gasteiger partial charge is 0.295 e. The lowest BCUT2D eigenvalue weighted by Gasteiger charge is -2.02. The Hall–Kier alpha value is -2.55. The summed E-state index contributed by atoms with van der Waals surface area (Å²) in [7, 11) is 1.74. The van der Waals surface area contributed by atoms with E-state index in [0.717, 1.165) is 16.8 Å². The van der Waals surface area contributed by atoms with Crippen LogP contribution in [0.1, 0.15) is 0 Å². The highest BCUT2D eigenvalue weighted by molar-refractivity contribution is 5.80. The highest BCUT2D eigenvalue weighted by atomic mass is 16.1. The zero-order valence-electron chi connectivity index (χ0n) is 10.6. The number of aromatic amines is 1. The fraction of sp³-hybridized carbons (Fsp3) is 0.0625. The Morgan fingerprint density at radius 1 is 0.842 bits per heavy atom. The molecule has 19 heavy (non-hydrogen) atoms. The van der Waals surface area contributed by atoms with Gasteiger partial charge in [-0.05, 0) is 5.56 Å². The predicted octanol–water partition coefficient (Wildman–Crippen LogP) is 3.05. The minimum absolute atomic E-state index is 0.00921. The van der Waals surface area contributed by atoms with Gasteiger partial charge < -0.3 is 0 Å². The lowest BCUT2D eigenvalue weighted by molar-refractivity contribution is 0.743. The highest BCUT2D eigenvalue weighted by Gasteiger charge is 2.15. The Labute approximate surface area is 111 Å². The van der Waals surface area contributed by atoms with Crippen molar-refractivity contribution in [3.05, 3.63) is 71.0 Å². The van der Waals surface area contributed by atoms with E-state index >= 15 is 0 Å². The molecule has 0 saturated heterocycles. The molecule has 0 aliphatic heterocycles. The molecule has 1 heterocycles. The molecule has 0 radical (unpaired) electrons. The van der Waals surface area contributed by atoms with E-state index in [4.69, 9.17) is 0 Å². The van der Waals surface area contributed by atoms with Crippen molar-refractivity contribution in [1.82, 2.24) is 9.78 Å². The molecule has 94 valence electrons. The van der Waals surface area contributed by atoms with Crippen LogP contribution in [0.25, 0.3) is 22.4 Å². The summed E-state index contributed by atoms with van der Waals surface area (Å²) >= 11 is 0. The minimum Gasteiger partial charge on any atom is -0.295 e. The van der Waals surface area contributed by atoms with Crippen molar-refractivity contribution in [2.24, 2.45) is 7.05 Å². The number of hydrogen-bond donors (Lipinski definition) is 1. The van der Waals surface area contributed by atoms with Crippen molar-refractivity contribution in [2.45, 2.75) is 0 Å². The SMILES string of the molecule is Cn1[nH]c(-c2ccccc2)c(-c2ccccc2)c1=O. The molecule has 0 spiro atoms. The molecule has 1 aromatic heterocycles. The maximum Gasteiger partial charge on any atom is 0.274 e. The van der Waals surface area contributed by atoms with E-state index in [1.54, 1.807) is 7.05 Å². The van der Waals surface area contributed by atoms with E-state index in [-0.39, 0.29) is 5.56 Å². The quantitative estimate of drug-likeness (QED) is 0.745. The number of aromatic nitrogens is 2. The number of hydrogen-bond acceptors (Lipinski definition) is 1. The van der Waals surface area contributed by atoms with Gasteiger partial charge in [-0.2, -0.15) is 0 Å². The van der Waals surface area contributed by atoms with E-state index in [1.807, 2.05) is 60.7 Å². The van der Waals surface area contributed by atoms with Crippen LogP contribution in [0.2, 0.25) is 0 Å². The smallest absolute Gasteiger partial charge is 0.274 e. The van der Waals surface area contributed by atoms with Crippen LogP contribution in [-0.4, -0.2) is 9.78 Å². The third-order valence-corrected chi connectivity index (χ3v) is 3.17. The first-order valence-corrected chi connectivity index (χ1v) is 6.17. The summed E-state index contributed by atoms with van der Waals surface area (Å²) in [5, 5.41) is 3.13. The van der Waals surface area contributed by atoms with Crippen molar-refractivity contribution in [1.29, 1.82) is 0 Å². The molecule has 0 amide bonds. The molecule has 3 aromatic rings. The monoisotopic (exact) mass is 250 g/mol. The molecule has 0 atom stereocenters. The van der Waals surface area contributed by atoms with Crippen molar-refractivity contribution in [3.8, 4) is 22.4 Å². The molecule has 3 rings (SSSR count). The van der Waals surface area contributed by atoms with E-state index in [0.29, 0.717) is 5.56 Å². The maximum atomic E-state index is 12.3. The Balaban J connectivity index is 2.28. The summed E-state index contributed by atoms with van der Waals surface area (Å²) < 4.78 is 1.52. The normalized spacial score (nSPS) is 10.6. The van der Waals surface area contributed by atoms with Gasteiger partial charge in [0.1, 0.15) is 0 Å². The third kappa shape index (κ3) is 1.99. The van der Waals surface area contributed by atoms with Crippen molar-refractivity contribution in [2.75, 3.05) is 0 Å². The number of nitrogens with zero attached hydrogens (tertiary/aromatic N) is 1. The zero-order chi connectivity index (χ0) is 13.2. The van der Waals surface area contributed by atoms with Gasteiger partial charge in [-0.15, -0.1) is 0 Å². The molecular formula is C16H14N2O. The van der Waals surface area contributed by atoms with E-state index in [9.17, 15) is 4.79 Å². The van der Waals surface area contributed by atoms with Crippen molar-refractivity contribution in [3.63, 3.8) is 0 Å². The first kappa shape index (κ1) is 11.5. The van der Waals surface area contributed by atoms with Gasteiger partial charge in [-0.3, -0.25) is 14.6 Å². The second kappa shape index (κ2) is 4.61. The predicted molar refractivity (Wildman–Crippen MR) is 76.9 cm³/mol. The lowest BCUT2D eigenvalue weighted by atomic mass is 10.0. The first-order valence-electron chi connectivity index (χ1n) is 6.17. The van der Waals surface area contributed by atoms with Gasteiger partial charge in [0.05, 0.1) is 11.3 Å². The summed E-state index contributed by atoms with van der Waals surface area (Å²) in [5.74, 6) is 0. The molecule has 3 nitrogen and oxygen atoms in total. The number of nitrogens with one attached hydrogen (secondary N) is 1. The van der Waals surface area contributed by atoms with Crippen LogP contribution in [0, 0.1) is 0 Å². The molecule has 0 saturated carbocycles. The molecule has 0 aliphatic rings. The van der Waals surface area contributed by atoms with Crippen LogP contribution in [-0.2, 0) is 7.05 Å². The summed E-state index contributed by atoms with van der Waals surface area (Å²) in [6.45, 7) is 0. The van der Waals surface area contributed by atoms with E-state index in [1.165, 1.54) is 4.68 Å². The average molecular weight is 250 g/mol. The average Bonchev–Trinajstić information content (AvgIpc) is 2.77. The molecule has 3 heteroatoms. The van der Waals surface area contributed by atoms with Gasteiger partial charge >= 0.3 is 0 Å². The highest BCUT2D eigenvalue weighted by Crippen LogP contribution is 2.27. The molecular weight excluding hydrogens is 236 g/mol. The zero-order valence-corrected chi connectivity index (χ0v) is 10.6. The van der Waals surface area contributed by atoms with Crippen molar-refractivity contribution < 1.29 is 0 Å². The Morgan fingerprint density at radius 2 is 1.37 bits per heavy atom. The molecule has 2 aromatic carbocycles. The second-order valence-electron chi connectivity index (χ2n) is 4.46. The van der Waals surface area contributed by atoms with Gasteiger partial charge in [0.2, 0.25) is 0 Å². The van der Waals surface area contributed by atoms with Gasteiger partial charge in [0.25, 0.3) is 5.56 Å². The summed E-state index contributed by atoms with van der Waals surface area (Å²) in [6.07, 6.45) is 0. The van der Waals surface area contributed by atoms with Gasteiger partial charge in [0.15, 0.2) is 0 Å². The second-order valence-corrected chi connectivity index (χ2v) is 4.46. The van der Waals surface area contributed by atoms with Crippen molar-refractivity contribution >= 4 is 0 Å². The molecule has 0 aliphatic carbocycles. The minimum atomic E-state index is -0.00921. The summed E-state index contributed by atoms with van der Waals surface area (Å²) in [6, 6.07) is 19.6. The molecule has 1 N–H and O–H groups in total. The van der Waals surface area contributed by atoms with Crippen LogP contribution in [0.5, 0.6) is 0 Å². The van der Waals surface area contributed by atoms with Crippen LogP contribution in [0.4, 0.5) is 0 Å². The van der Waals surface area contributed by atoms with Crippen LogP contribution in [0.3, 0.4) is 0 Å². The fourth-order valence-corrected chi connectivity index (χ4v) is 2.24. The topological polar surface area (TPSA) is 37.8 Å². The molecule has 0 unspecified atom stereocenters. The molecule has 0 fully saturated rings. The first-order chi connectivity index (χ1) is 9.27. The third-order valence-electron chi connectivity index (χ3n) is 3.17. The number of aryl methyl sites for hydroxylation is 1. The lowest BCUT2D eigenvalue weighted by Crippen LogP contribution is -2.12. The molecule has 0 bridgehead atoms. The summed E-state index contributed by atoms with van der Waals surface area (Å²) in [5.41, 5.74) is 3.51. The van der Waals surface area contributed by atoms with Gasteiger partial charge in [0, 0.05) is 12.6 Å². The Kier molecular flexibility index (Phi) is 2.80. The fourth-order valence-electron chi connectivity index (χ4n) is 2.24. The Morgan fingerprint density at radius 3 is 1.95 bits per heavy atom. The number of benzene rings is 2. The summed E-state index contributed by atoms with van der Waals surface area (Å²) in [4.78, 5) is 12.3. The standard InChI is InChI=1S/C16H14N2O/c1-18-16(19)14(12-8-4-2-5-9-12)15(17-18)13-10-6-3-7-11-13/h2-11,17H,1H3. The Bertz CT molecular complexity index is 739. The van der Waals surface area contributed by atoms with Crippen LogP contribution >= 0.6 is 0 Å². The number of H-pyrrole nitrogens is 1. The van der Waals surface area contributed by atoms with E-state index < -0.39 is 0 Å². The van der Waals surface area contributed by atoms with Gasteiger partial charge in [-0.25, -0.2) is 0 Å². The van der Waals surface area contributed by atoms with E-state index in [2.05, 4.69) is 5.10 Å².